The van der Waals surface area contributed by atoms with Crippen molar-refractivity contribution in [2.24, 2.45) is 0 Å². The second kappa shape index (κ2) is 9.61. The van der Waals surface area contributed by atoms with Gasteiger partial charge >= 0.3 is 6.03 Å². The maximum absolute atomic E-state index is 15.2. The maximum Gasteiger partial charge on any atom is 0.317 e. The first-order chi connectivity index (χ1) is 17.0. The number of hydrogen-bond acceptors (Lipinski definition) is 5. The molecule has 3 aromatic rings. The van der Waals surface area contributed by atoms with Crippen LogP contribution in [0.15, 0.2) is 24.5 Å². The lowest BCUT2D eigenvalue weighted by molar-refractivity contribution is 0.0652. The summed E-state index contributed by atoms with van der Waals surface area (Å²) in [4.78, 5) is 13.9. The van der Waals surface area contributed by atoms with Gasteiger partial charge in [0.25, 0.3) is 6.43 Å². The standard InChI is InChI=1S/C23H26F3N7O2/c1-27-23(34)32-5-2-20-17(12-32)22(31-33(20)14-3-6-35-7-4-14)30-19-9-16(21(25)26)15(8-18(19)24)13-10-28-29-11-13/h8-11,14,21H,2-7,12H2,1H3,(H,27,34)(H,28,29)(H,30,31). The van der Waals surface area contributed by atoms with Gasteiger partial charge in [-0.3, -0.25) is 9.78 Å². The molecule has 2 aliphatic heterocycles. The first-order valence-corrected chi connectivity index (χ1v) is 11.5. The van der Waals surface area contributed by atoms with Crippen molar-refractivity contribution in [3.63, 3.8) is 0 Å². The molecule has 0 unspecified atom stereocenters. The van der Waals surface area contributed by atoms with Crippen LogP contribution in [0.4, 0.5) is 29.5 Å². The molecule has 9 nitrogen and oxygen atoms in total. The van der Waals surface area contributed by atoms with Crippen molar-refractivity contribution in [1.29, 1.82) is 0 Å². The monoisotopic (exact) mass is 489 g/mol. The van der Waals surface area contributed by atoms with Gasteiger partial charge in [0.1, 0.15) is 5.82 Å². The van der Waals surface area contributed by atoms with E-state index >= 15 is 4.39 Å². The van der Waals surface area contributed by atoms with Crippen LogP contribution in [-0.2, 0) is 17.7 Å². The number of carbonyl (C=O) groups excluding carboxylic acids is 1. The number of hydrogen-bond donors (Lipinski definition) is 3. The zero-order valence-electron chi connectivity index (χ0n) is 19.2. The van der Waals surface area contributed by atoms with Crippen LogP contribution in [0.25, 0.3) is 11.1 Å². The SMILES string of the molecule is CNC(=O)N1CCc2c(c(Nc3cc(C(F)F)c(-c4cn[nH]c4)cc3F)nn2C2CCOCC2)C1. The molecule has 2 amide bonds. The highest BCUT2D eigenvalue weighted by molar-refractivity contribution is 5.75. The largest absolute Gasteiger partial charge is 0.381 e. The molecule has 0 bridgehead atoms. The number of ether oxygens (including phenoxy) is 1. The molecule has 0 radical (unpaired) electrons. The predicted octanol–water partition coefficient (Wildman–Crippen LogP) is 4.14. The Hall–Kier alpha value is -3.54. The van der Waals surface area contributed by atoms with Gasteiger partial charge in [-0.1, -0.05) is 0 Å². The Morgan fingerprint density at radius 1 is 1.29 bits per heavy atom. The van der Waals surface area contributed by atoms with Crippen molar-refractivity contribution in [1.82, 2.24) is 30.2 Å². The van der Waals surface area contributed by atoms with Gasteiger partial charge in [0.2, 0.25) is 0 Å². The van der Waals surface area contributed by atoms with Crippen LogP contribution < -0.4 is 10.6 Å². The Morgan fingerprint density at radius 3 is 2.77 bits per heavy atom. The lowest BCUT2D eigenvalue weighted by Gasteiger charge is -2.29. The van der Waals surface area contributed by atoms with Gasteiger partial charge in [0.15, 0.2) is 5.82 Å². The summed E-state index contributed by atoms with van der Waals surface area (Å²) < 4.78 is 50.4. The Labute approximate surface area is 199 Å². The van der Waals surface area contributed by atoms with E-state index in [0.717, 1.165) is 36.2 Å². The number of benzene rings is 1. The number of urea groups is 1. The average Bonchev–Trinajstić information content (AvgIpc) is 3.53. The molecule has 1 saturated heterocycles. The molecular formula is C23H26F3N7O2. The number of anilines is 2. The zero-order chi connectivity index (χ0) is 24.5. The quantitative estimate of drug-likeness (QED) is 0.500. The molecule has 2 aromatic heterocycles. The third-order valence-electron chi connectivity index (χ3n) is 6.56. The van der Waals surface area contributed by atoms with Gasteiger partial charge in [0, 0.05) is 61.8 Å². The van der Waals surface area contributed by atoms with Crippen molar-refractivity contribution < 1.29 is 22.7 Å². The van der Waals surface area contributed by atoms with Crippen LogP contribution in [0.2, 0.25) is 0 Å². The summed E-state index contributed by atoms with van der Waals surface area (Å²) in [5, 5.41) is 16.7. The molecule has 0 atom stereocenters. The van der Waals surface area contributed by atoms with Crippen LogP contribution in [0, 0.1) is 5.82 Å². The third-order valence-corrected chi connectivity index (χ3v) is 6.56. The average molecular weight is 490 g/mol. The summed E-state index contributed by atoms with van der Waals surface area (Å²) >= 11 is 0. The molecule has 2 aliphatic rings. The fourth-order valence-electron chi connectivity index (χ4n) is 4.75. The van der Waals surface area contributed by atoms with Gasteiger partial charge in [0.05, 0.1) is 24.5 Å². The van der Waals surface area contributed by atoms with Crippen LogP contribution in [0.3, 0.4) is 0 Å². The molecule has 12 heteroatoms. The van der Waals surface area contributed by atoms with Crippen molar-refractivity contribution in [3.8, 4) is 11.1 Å². The lowest BCUT2D eigenvalue weighted by Crippen LogP contribution is -2.41. The van der Waals surface area contributed by atoms with E-state index in [1.807, 2.05) is 4.68 Å². The molecule has 0 aliphatic carbocycles. The van der Waals surface area contributed by atoms with Crippen molar-refractivity contribution >= 4 is 17.5 Å². The smallest absolute Gasteiger partial charge is 0.317 e. The Bertz CT molecular complexity index is 1210. The zero-order valence-corrected chi connectivity index (χ0v) is 19.2. The molecule has 35 heavy (non-hydrogen) atoms. The van der Waals surface area contributed by atoms with Crippen LogP contribution in [0.1, 0.15) is 42.1 Å². The van der Waals surface area contributed by atoms with Gasteiger partial charge in [-0.25, -0.2) is 18.0 Å². The highest BCUT2D eigenvalue weighted by atomic mass is 19.3. The van der Waals surface area contributed by atoms with E-state index < -0.39 is 12.2 Å². The highest BCUT2D eigenvalue weighted by Crippen LogP contribution is 2.37. The molecule has 3 N–H and O–H groups in total. The molecule has 0 saturated carbocycles. The molecule has 0 spiro atoms. The number of nitrogens with one attached hydrogen (secondary N) is 3. The Kier molecular flexibility index (Phi) is 6.37. The summed E-state index contributed by atoms with van der Waals surface area (Å²) in [6.07, 6.45) is 2.14. The minimum absolute atomic E-state index is 0.0670. The van der Waals surface area contributed by atoms with E-state index in [1.165, 1.54) is 12.4 Å². The van der Waals surface area contributed by atoms with E-state index in [2.05, 4.69) is 20.8 Å². The van der Waals surface area contributed by atoms with Gasteiger partial charge < -0.3 is 20.3 Å². The first kappa shape index (κ1) is 23.2. The highest BCUT2D eigenvalue weighted by Gasteiger charge is 2.31. The predicted molar refractivity (Wildman–Crippen MR) is 122 cm³/mol. The number of alkyl halides is 2. The van der Waals surface area contributed by atoms with Crippen LogP contribution in [-0.4, -0.2) is 57.7 Å². The van der Waals surface area contributed by atoms with E-state index in [9.17, 15) is 13.6 Å². The van der Waals surface area contributed by atoms with E-state index in [-0.39, 0.29) is 35.4 Å². The van der Waals surface area contributed by atoms with Crippen LogP contribution in [0.5, 0.6) is 0 Å². The fourth-order valence-corrected chi connectivity index (χ4v) is 4.75. The normalized spacial score (nSPS) is 16.4. The van der Waals surface area contributed by atoms with Gasteiger partial charge in [-0.15, -0.1) is 0 Å². The minimum Gasteiger partial charge on any atom is -0.381 e. The van der Waals surface area contributed by atoms with Crippen molar-refractivity contribution in [2.45, 2.75) is 38.3 Å². The number of aromatic nitrogens is 4. The van der Waals surface area contributed by atoms with E-state index in [4.69, 9.17) is 9.84 Å². The topological polar surface area (TPSA) is 100 Å². The van der Waals surface area contributed by atoms with E-state index in [0.29, 0.717) is 37.6 Å². The Morgan fingerprint density at radius 2 is 2.09 bits per heavy atom. The van der Waals surface area contributed by atoms with Crippen molar-refractivity contribution in [2.75, 3.05) is 32.1 Å². The van der Waals surface area contributed by atoms with Crippen molar-refractivity contribution in [3.05, 3.63) is 47.2 Å². The number of rotatable bonds is 5. The Balaban J connectivity index is 1.54. The summed E-state index contributed by atoms with van der Waals surface area (Å²) in [6, 6.07) is 2.08. The summed E-state index contributed by atoms with van der Waals surface area (Å²) in [5.74, 6) is -0.339. The molecule has 4 heterocycles. The minimum atomic E-state index is -2.82. The summed E-state index contributed by atoms with van der Waals surface area (Å²) in [6.45, 7) is 2.03. The number of halogens is 3. The van der Waals surface area contributed by atoms with Gasteiger partial charge in [-0.2, -0.15) is 10.2 Å². The first-order valence-electron chi connectivity index (χ1n) is 11.5. The molecule has 1 aromatic carbocycles. The molecule has 5 rings (SSSR count). The van der Waals surface area contributed by atoms with E-state index in [1.54, 1.807) is 11.9 Å². The van der Waals surface area contributed by atoms with Gasteiger partial charge in [-0.05, 0) is 30.5 Å². The number of H-pyrrole nitrogens is 1. The molecule has 186 valence electrons. The summed E-state index contributed by atoms with van der Waals surface area (Å²) in [7, 11) is 1.56. The number of aromatic amines is 1. The van der Waals surface area contributed by atoms with Crippen LogP contribution >= 0.6 is 0 Å². The fraction of sp³-hybridized carbons (Fsp3) is 0.435. The number of fused-ring (bicyclic) bond motifs is 1. The maximum atomic E-state index is 15.2. The number of carbonyl (C=O) groups is 1. The second-order valence-electron chi connectivity index (χ2n) is 8.62. The summed E-state index contributed by atoms with van der Waals surface area (Å²) in [5.41, 5.74) is 1.72. The number of amides is 2. The second-order valence-corrected chi connectivity index (χ2v) is 8.62. The molecular weight excluding hydrogens is 463 g/mol. The molecule has 1 fully saturated rings. The lowest BCUT2D eigenvalue weighted by atomic mass is 10.0. The third kappa shape index (κ3) is 4.45. The number of nitrogens with zero attached hydrogens (tertiary/aromatic N) is 4.